The van der Waals surface area contributed by atoms with E-state index in [1.807, 2.05) is 0 Å². The van der Waals surface area contributed by atoms with Gasteiger partial charge in [-0.15, -0.1) is 0 Å². The van der Waals surface area contributed by atoms with Crippen molar-refractivity contribution < 1.29 is 49.0 Å². The van der Waals surface area contributed by atoms with Gasteiger partial charge >= 0.3 is 104 Å². The van der Waals surface area contributed by atoms with E-state index in [1.165, 1.54) is 0 Å². The Kier molecular flexibility index (Phi) is 106. The Hall–Kier alpha value is 2.38. The second kappa shape index (κ2) is 29.9. The Balaban J connectivity index is -0.00000000785. The minimum Gasteiger partial charge on any atom is -0.870 e. The van der Waals surface area contributed by atoms with Gasteiger partial charge in [-0.1, -0.05) is 0 Å². The maximum absolute atomic E-state index is 8.52. The van der Waals surface area contributed by atoms with Gasteiger partial charge in [-0.05, 0) is 6.16 Å². The van der Waals surface area contributed by atoms with Crippen LogP contribution in [-0.2, 0) is 10.4 Å². The van der Waals surface area contributed by atoms with Gasteiger partial charge in [0.1, 0.15) is 0 Å². The monoisotopic (exact) mass is 412 g/mol. The van der Waals surface area contributed by atoms with Gasteiger partial charge in [-0.3, -0.25) is 8.42 Å². The topological polar surface area (TPSA) is 233 Å². The molecule has 14 heteroatoms. The zero-order valence-electron chi connectivity index (χ0n) is 7.10. The molecule has 0 fully saturated rings. The molecule has 0 aliphatic rings. The van der Waals surface area contributed by atoms with Crippen molar-refractivity contribution in [2.45, 2.75) is 0 Å². The van der Waals surface area contributed by atoms with Gasteiger partial charge in [0.25, 0.3) is 0 Å². The molecule has 0 bridgehead atoms. The van der Waals surface area contributed by atoms with Crippen molar-refractivity contribution in [3.8, 4) is 0 Å². The Labute approximate surface area is 166 Å². The summed E-state index contributed by atoms with van der Waals surface area (Å²) in [6.07, 6.45) is -2.33. The van der Waals surface area contributed by atoms with E-state index in [2.05, 4.69) is 0 Å². The molecule has 10 nitrogen and oxygen atoms in total. The summed E-state index contributed by atoms with van der Waals surface area (Å²) in [7, 11) is -5.17. The Bertz CT molecular complexity index is 168. The van der Waals surface area contributed by atoms with Gasteiger partial charge in [0, 0.05) is 10.4 Å². The van der Waals surface area contributed by atoms with Crippen LogP contribution in [0.5, 0.6) is 0 Å². The van der Waals surface area contributed by atoms with Gasteiger partial charge in [-0.25, -0.2) is 0 Å². The van der Waals surface area contributed by atoms with Gasteiger partial charge in [0.15, 0.2) is 0 Å². The van der Waals surface area contributed by atoms with Crippen molar-refractivity contribution in [2.75, 3.05) is 0 Å². The molecule has 0 heterocycles. The second-order valence-electron chi connectivity index (χ2n) is 0.658. The van der Waals surface area contributed by atoms with Crippen LogP contribution in [0, 0.1) is 0 Å². The van der Waals surface area contributed by atoms with Crippen LogP contribution < -0.4 is 10.2 Å². The summed E-state index contributed by atoms with van der Waals surface area (Å²) < 4.78 is 34.1. The van der Waals surface area contributed by atoms with E-state index >= 15 is 0 Å². The molecule has 15 heavy (non-hydrogen) atoms. The van der Waals surface area contributed by atoms with Crippen molar-refractivity contribution in [3.05, 3.63) is 0 Å². The Morgan fingerprint density at radius 1 is 0.933 bits per heavy atom. The van der Waals surface area contributed by atoms with E-state index in [0.717, 1.165) is 0 Å². The number of carbonyl (C=O) groups is 1. The first-order valence-corrected chi connectivity index (χ1v) is 2.61. The van der Waals surface area contributed by atoms with Crippen LogP contribution in [0.1, 0.15) is 0 Å². The molecule has 80 valence electrons. The summed E-state index contributed by atoms with van der Waals surface area (Å²) in [5, 5.41) is 16.7. The van der Waals surface area contributed by atoms with E-state index in [0.29, 0.717) is 0 Å². The average molecular weight is 411 g/mol. The third-order valence-corrected chi connectivity index (χ3v) is 0. The largest absolute Gasteiger partial charge is 3.00 e. The fourth-order valence-electron chi connectivity index (χ4n) is 0. The van der Waals surface area contributed by atoms with Crippen LogP contribution >= 0.6 is 0 Å². The molecule has 0 radical (unpaired) electrons. The molecule has 0 atom stereocenters. The number of rotatable bonds is 0. The zero-order chi connectivity index (χ0) is 8.08. The van der Waals surface area contributed by atoms with Crippen LogP contribution in [0.4, 0.5) is 4.79 Å². The summed E-state index contributed by atoms with van der Waals surface area (Å²) in [4.78, 5) is 8.33. The number of hydrogen-bond acceptors (Lipinski definition) is 10. The van der Waals surface area contributed by atoms with Gasteiger partial charge in [-0.2, -0.15) is 0 Å². The molecule has 0 aliphatic carbocycles. The smallest absolute Gasteiger partial charge is 0.870 e. The van der Waals surface area contributed by atoms with Crippen molar-refractivity contribution >= 4 is 121 Å². The third-order valence-electron chi connectivity index (χ3n) is 0. The molecule has 0 aromatic rings. The molecular weight excluding hydrogens is 408 g/mol. The van der Waals surface area contributed by atoms with Crippen molar-refractivity contribution in [3.63, 3.8) is 0 Å². The quantitative estimate of drug-likeness (QED) is 0.208. The van der Waals surface area contributed by atoms with Gasteiger partial charge in [0.2, 0.25) is 0 Å². The Morgan fingerprint density at radius 3 is 0.933 bits per heavy atom. The standard InChI is InChI=1S/CH2O3.Al.Ba.Ca.H2O4S.3H2O/c2-1(3)4;;;;1-5(2,3)4;;;/h(H2,2,3,4);;;;(H2,1,2,3,4);3*1H2/q;+3;2*+2;;;;/p-7. The molecule has 3 N–H and O–H groups in total. The van der Waals surface area contributed by atoms with E-state index in [9.17, 15) is 0 Å². The fraction of sp³-hybridized carbons (Fsp3) is 0. The molecule has 0 amide bonds. The first-order valence-electron chi connectivity index (χ1n) is 1.28. The molecule has 0 unspecified atom stereocenters. The normalized spacial score (nSPS) is 5.47. The molecule has 0 aromatic carbocycles. The summed E-state index contributed by atoms with van der Waals surface area (Å²) in [6.45, 7) is 0. The molecule has 0 aromatic heterocycles. The number of carboxylic acid groups (broad SMARTS) is 2. The average Bonchev–Trinajstić information content (AvgIpc) is 1.19. The second-order valence-corrected chi connectivity index (χ2v) is 1.47. The van der Waals surface area contributed by atoms with Crippen molar-refractivity contribution in [1.29, 1.82) is 0 Å². The van der Waals surface area contributed by atoms with E-state index in [-0.39, 0.29) is 120 Å². The summed E-state index contributed by atoms with van der Waals surface area (Å²) in [5.74, 6) is 0. The van der Waals surface area contributed by atoms with Crippen LogP contribution in [-0.4, -0.2) is 144 Å². The molecule has 0 rings (SSSR count). The van der Waals surface area contributed by atoms with Crippen LogP contribution in [0.25, 0.3) is 0 Å². The van der Waals surface area contributed by atoms with E-state index < -0.39 is 16.6 Å². The number of carbonyl (C=O) groups excluding carboxylic acids is 1. The van der Waals surface area contributed by atoms with Crippen molar-refractivity contribution in [1.82, 2.24) is 0 Å². The van der Waals surface area contributed by atoms with Crippen molar-refractivity contribution in [2.24, 2.45) is 0 Å². The Morgan fingerprint density at radius 2 is 0.933 bits per heavy atom. The first-order chi connectivity index (χ1) is 3.73. The minimum atomic E-state index is -5.17. The van der Waals surface area contributed by atoms with Gasteiger partial charge in [0.05, 0.1) is 0 Å². The zero-order valence-corrected chi connectivity index (χ0v) is 15.7. The predicted octanol–water partition coefficient (Wildman–Crippen LogP) is -5.46. The predicted molar refractivity (Wildman–Crippen MR) is 38.9 cm³/mol. The molecule has 0 aliphatic heterocycles. The van der Waals surface area contributed by atoms with Crippen LogP contribution in [0.15, 0.2) is 0 Å². The maximum Gasteiger partial charge on any atom is 3.00 e. The maximum atomic E-state index is 8.52. The van der Waals surface area contributed by atoms with Crippen LogP contribution in [0.3, 0.4) is 0 Å². The first kappa shape index (κ1) is 53.0. The molecular formula is CH3AlBaCaO10S. The summed E-state index contributed by atoms with van der Waals surface area (Å²) >= 11 is 0. The van der Waals surface area contributed by atoms with Gasteiger partial charge < -0.3 is 40.5 Å². The fourth-order valence-corrected chi connectivity index (χ4v) is 0. The van der Waals surface area contributed by atoms with E-state index in [1.54, 1.807) is 0 Å². The van der Waals surface area contributed by atoms with E-state index in [4.69, 9.17) is 32.5 Å². The molecule has 0 spiro atoms. The SMILES string of the molecule is O=C([O-])[O-].O=S(=O)([O-])[O-].[Al+3].[Ba+2].[Ca+2].[OH-].[OH-].[OH-]. The molecule has 0 saturated carbocycles. The third kappa shape index (κ3) is 597. The number of hydrogen-bond donors (Lipinski definition) is 0. The summed E-state index contributed by atoms with van der Waals surface area (Å²) in [6, 6.07) is 0. The minimum absolute atomic E-state index is 0. The summed E-state index contributed by atoms with van der Waals surface area (Å²) in [5.41, 5.74) is 0. The molecule has 0 saturated heterocycles. The van der Waals surface area contributed by atoms with Crippen LogP contribution in [0.2, 0.25) is 0 Å².